The van der Waals surface area contributed by atoms with Crippen LogP contribution < -0.4 is 10.2 Å². The summed E-state index contributed by atoms with van der Waals surface area (Å²) >= 11 is 0. The highest BCUT2D eigenvalue weighted by Crippen LogP contribution is 2.32. The fraction of sp³-hybridized carbons (Fsp3) is 0.667. The number of ether oxygens (including phenoxy) is 1. The molecule has 0 bridgehead atoms. The van der Waals surface area contributed by atoms with Gasteiger partial charge in [0.05, 0.1) is 0 Å². The third-order valence-corrected chi connectivity index (χ3v) is 4.47. The molecular formula is C18H30N2O. The number of para-hydroxylation sites is 1. The molecule has 21 heavy (non-hydrogen) atoms. The van der Waals surface area contributed by atoms with Crippen LogP contribution in [0.4, 0.5) is 5.69 Å². The molecule has 0 amide bonds. The second-order valence-corrected chi connectivity index (χ2v) is 6.50. The summed E-state index contributed by atoms with van der Waals surface area (Å²) in [6.07, 6.45) is 2.30. The molecular weight excluding hydrogens is 260 g/mol. The van der Waals surface area contributed by atoms with Crippen molar-refractivity contribution >= 4 is 5.69 Å². The van der Waals surface area contributed by atoms with Gasteiger partial charge in [-0.25, -0.2) is 0 Å². The quantitative estimate of drug-likeness (QED) is 0.834. The molecule has 118 valence electrons. The number of hydrogen-bond donors (Lipinski definition) is 1. The van der Waals surface area contributed by atoms with Crippen LogP contribution in [0.25, 0.3) is 0 Å². The minimum Gasteiger partial charge on any atom is -0.381 e. The molecule has 3 nitrogen and oxygen atoms in total. The van der Waals surface area contributed by atoms with E-state index in [1.165, 1.54) is 5.69 Å². The third kappa shape index (κ3) is 4.72. The summed E-state index contributed by atoms with van der Waals surface area (Å²) in [6, 6.07) is 11.3. The monoisotopic (exact) mass is 290 g/mol. The molecule has 0 aliphatic carbocycles. The zero-order valence-electron chi connectivity index (χ0n) is 13.8. The van der Waals surface area contributed by atoms with Gasteiger partial charge in [-0.15, -0.1) is 0 Å². The van der Waals surface area contributed by atoms with Gasteiger partial charge < -0.3 is 15.0 Å². The third-order valence-electron chi connectivity index (χ3n) is 4.47. The second kappa shape index (κ2) is 7.81. The van der Waals surface area contributed by atoms with E-state index >= 15 is 0 Å². The topological polar surface area (TPSA) is 24.5 Å². The van der Waals surface area contributed by atoms with Crippen molar-refractivity contribution < 1.29 is 4.74 Å². The molecule has 0 spiro atoms. The van der Waals surface area contributed by atoms with Crippen LogP contribution in [0.2, 0.25) is 0 Å². The van der Waals surface area contributed by atoms with E-state index in [1.54, 1.807) is 0 Å². The van der Waals surface area contributed by atoms with E-state index in [9.17, 15) is 0 Å². The Morgan fingerprint density at radius 2 is 1.86 bits per heavy atom. The first-order valence-corrected chi connectivity index (χ1v) is 8.26. The summed E-state index contributed by atoms with van der Waals surface area (Å²) in [4.78, 5) is 2.51. The van der Waals surface area contributed by atoms with Crippen LogP contribution in [0.3, 0.4) is 0 Å². The van der Waals surface area contributed by atoms with Gasteiger partial charge in [-0.05, 0) is 31.9 Å². The first-order valence-electron chi connectivity index (χ1n) is 8.26. The van der Waals surface area contributed by atoms with Crippen molar-refractivity contribution in [2.75, 3.05) is 37.7 Å². The molecule has 1 aliphatic rings. The highest BCUT2D eigenvalue weighted by molar-refractivity contribution is 5.46. The van der Waals surface area contributed by atoms with Crippen molar-refractivity contribution in [3.63, 3.8) is 0 Å². The van der Waals surface area contributed by atoms with Crippen LogP contribution in [0.1, 0.15) is 33.6 Å². The lowest BCUT2D eigenvalue weighted by atomic mass is 9.79. The average molecular weight is 290 g/mol. The minimum atomic E-state index is 0.328. The number of benzene rings is 1. The zero-order chi connectivity index (χ0) is 15.1. The molecule has 1 heterocycles. The first-order chi connectivity index (χ1) is 10.2. The smallest absolute Gasteiger partial charge is 0.0472 e. The Hall–Kier alpha value is -1.06. The van der Waals surface area contributed by atoms with Gasteiger partial charge in [0.25, 0.3) is 0 Å². The fourth-order valence-electron chi connectivity index (χ4n) is 3.05. The van der Waals surface area contributed by atoms with Crippen LogP contribution in [0, 0.1) is 5.41 Å². The molecule has 2 rings (SSSR count). The molecule has 1 aromatic rings. The number of nitrogens with one attached hydrogen (secondary N) is 1. The van der Waals surface area contributed by atoms with Crippen molar-refractivity contribution in [3.8, 4) is 0 Å². The molecule has 1 fully saturated rings. The fourth-order valence-corrected chi connectivity index (χ4v) is 3.05. The highest BCUT2D eigenvalue weighted by Gasteiger charge is 2.34. The lowest BCUT2D eigenvalue weighted by Crippen LogP contribution is -2.48. The molecule has 0 saturated carbocycles. The molecule has 1 aromatic carbocycles. The van der Waals surface area contributed by atoms with Crippen LogP contribution >= 0.6 is 0 Å². The molecule has 1 saturated heterocycles. The SMILES string of the molecule is CCN(CC1(CNC(C)C)CCOCC1)c1ccccc1. The van der Waals surface area contributed by atoms with Gasteiger partial charge in [0.1, 0.15) is 0 Å². The number of rotatable bonds is 7. The molecule has 1 N–H and O–H groups in total. The Balaban J connectivity index is 2.09. The Bertz CT molecular complexity index is 399. The highest BCUT2D eigenvalue weighted by atomic mass is 16.5. The van der Waals surface area contributed by atoms with Crippen molar-refractivity contribution in [1.29, 1.82) is 0 Å². The summed E-state index contributed by atoms with van der Waals surface area (Å²) in [5, 5.41) is 3.65. The van der Waals surface area contributed by atoms with E-state index in [2.05, 4.69) is 61.3 Å². The predicted molar refractivity (Wildman–Crippen MR) is 90.0 cm³/mol. The van der Waals surface area contributed by atoms with E-state index in [4.69, 9.17) is 4.74 Å². The van der Waals surface area contributed by atoms with Crippen LogP contribution in [0.15, 0.2) is 30.3 Å². The van der Waals surface area contributed by atoms with Gasteiger partial charge in [-0.3, -0.25) is 0 Å². The van der Waals surface area contributed by atoms with Gasteiger partial charge in [-0.2, -0.15) is 0 Å². The summed E-state index contributed by atoms with van der Waals surface area (Å²) < 4.78 is 5.61. The van der Waals surface area contributed by atoms with Crippen molar-refractivity contribution in [1.82, 2.24) is 5.32 Å². The van der Waals surface area contributed by atoms with E-state index in [1.807, 2.05) is 0 Å². The normalized spacial score (nSPS) is 17.9. The van der Waals surface area contributed by atoms with Gasteiger partial charge in [0, 0.05) is 50.0 Å². The van der Waals surface area contributed by atoms with Gasteiger partial charge >= 0.3 is 0 Å². The van der Waals surface area contributed by atoms with Crippen LogP contribution in [-0.4, -0.2) is 38.9 Å². The molecule has 0 aromatic heterocycles. The maximum Gasteiger partial charge on any atom is 0.0472 e. The van der Waals surface area contributed by atoms with Crippen molar-refractivity contribution in [2.45, 2.75) is 39.7 Å². The average Bonchev–Trinajstić information content (AvgIpc) is 2.53. The van der Waals surface area contributed by atoms with Gasteiger partial charge in [0.2, 0.25) is 0 Å². The zero-order valence-corrected chi connectivity index (χ0v) is 13.8. The van der Waals surface area contributed by atoms with E-state index in [0.29, 0.717) is 11.5 Å². The Morgan fingerprint density at radius 1 is 1.19 bits per heavy atom. The molecule has 0 atom stereocenters. The van der Waals surface area contributed by atoms with Gasteiger partial charge in [0.15, 0.2) is 0 Å². The summed E-state index contributed by atoms with van der Waals surface area (Å²) in [6.45, 7) is 11.7. The lowest BCUT2D eigenvalue weighted by molar-refractivity contribution is 0.0176. The molecule has 3 heteroatoms. The van der Waals surface area contributed by atoms with E-state index in [0.717, 1.165) is 45.7 Å². The Labute approximate surface area is 129 Å². The largest absolute Gasteiger partial charge is 0.381 e. The van der Waals surface area contributed by atoms with Crippen molar-refractivity contribution in [3.05, 3.63) is 30.3 Å². The molecule has 1 aliphatic heterocycles. The standard InChI is InChI=1S/C18H30N2O/c1-4-20(17-8-6-5-7-9-17)15-18(14-19-16(2)3)10-12-21-13-11-18/h5-9,16,19H,4,10-15H2,1-3H3. The molecule has 0 unspecified atom stereocenters. The summed E-state index contributed by atoms with van der Waals surface area (Å²) in [5.41, 5.74) is 1.66. The first kappa shape index (κ1) is 16.3. The number of anilines is 1. The number of nitrogens with zero attached hydrogens (tertiary/aromatic N) is 1. The maximum atomic E-state index is 5.61. The van der Waals surface area contributed by atoms with Crippen LogP contribution in [-0.2, 0) is 4.74 Å². The van der Waals surface area contributed by atoms with Crippen LogP contribution in [0.5, 0.6) is 0 Å². The van der Waals surface area contributed by atoms with E-state index in [-0.39, 0.29) is 0 Å². The minimum absolute atomic E-state index is 0.328. The Kier molecular flexibility index (Phi) is 6.07. The Morgan fingerprint density at radius 3 is 2.43 bits per heavy atom. The second-order valence-electron chi connectivity index (χ2n) is 6.50. The predicted octanol–water partition coefficient (Wildman–Crippen LogP) is 3.31. The lowest BCUT2D eigenvalue weighted by Gasteiger charge is -2.42. The van der Waals surface area contributed by atoms with Gasteiger partial charge in [-0.1, -0.05) is 32.0 Å². The van der Waals surface area contributed by atoms with E-state index < -0.39 is 0 Å². The van der Waals surface area contributed by atoms with Crippen molar-refractivity contribution in [2.24, 2.45) is 5.41 Å². The summed E-state index contributed by atoms with van der Waals surface area (Å²) in [5.74, 6) is 0. The summed E-state index contributed by atoms with van der Waals surface area (Å²) in [7, 11) is 0. The molecule has 0 radical (unpaired) electrons. The number of hydrogen-bond acceptors (Lipinski definition) is 3. The maximum absolute atomic E-state index is 5.61.